The number of carbonyl (C=O) groups excluding carboxylic acids is 1. The zero-order valence-electron chi connectivity index (χ0n) is 11.8. The van der Waals surface area contributed by atoms with E-state index < -0.39 is 0 Å². The van der Waals surface area contributed by atoms with E-state index in [9.17, 15) is 9.90 Å². The molecule has 0 aliphatic heterocycles. The summed E-state index contributed by atoms with van der Waals surface area (Å²) in [5.41, 5.74) is 2.79. The van der Waals surface area contributed by atoms with Crippen molar-refractivity contribution in [2.45, 2.75) is 6.92 Å². The number of amides is 1. The molecule has 0 fully saturated rings. The number of phenolic OH excluding ortho intramolecular Hbond substituents is 1. The van der Waals surface area contributed by atoms with Crippen molar-refractivity contribution in [3.05, 3.63) is 48.0 Å². The fourth-order valence-corrected chi connectivity index (χ4v) is 2.80. The molecule has 2 N–H and O–H groups in total. The molecule has 1 amide bonds. The normalized spacial score (nSPS) is 10.4. The highest BCUT2D eigenvalue weighted by Crippen LogP contribution is 2.32. The average molecular weight is 311 g/mol. The lowest BCUT2D eigenvalue weighted by atomic mass is 10.1. The van der Waals surface area contributed by atoms with E-state index in [1.807, 2.05) is 23.6 Å². The van der Waals surface area contributed by atoms with Gasteiger partial charge in [0.25, 0.3) is 0 Å². The second kappa shape index (κ2) is 5.95. The lowest BCUT2D eigenvalue weighted by Gasteiger charge is -2.06. The molecule has 0 unspecified atom stereocenters. The van der Waals surface area contributed by atoms with Crippen LogP contribution in [0.4, 0.5) is 5.69 Å². The summed E-state index contributed by atoms with van der Waals surface area (Å²) in [4.78, 5) is 20.0. The van der Waals surface area contributed by atoms with Gasteiger partial charge in [0.2, 0.25) is 5.91 Å². The average Bonchev–Trinajstić information content (AvgIpc) is 3.00. The number of carbonyl (C=O) groups is 1. The zero-order valence-corrected chi connectivity index (χ0v) is 12.6. The molecule has 22 heavy (non-hydrogen) atoms. The molecular weight excluding hydrogens is 298 g/mol. The van der Waals surface area contributed by atoms with Crippen molar-refractivity contribution in [2.24, 2.45) is 0 Å². The predicted molar refractivity (Wildman–Crippen MR) is 86.7 cm³/mol. The van der Waals surface area contributed by atoms with Crippen molar-refractivity contribution in [3.8, 4) is 27.7 Å². The minimum Gasteiger partial charge on any atom is -0.506 e. The molecule has 0 atom stereocenters. The number of hydrogen-bond donors (Lipinski definition) is 2. The van der Waals surface area contributed by atoms with Gasteiger partial charge in [-0.25, -0.2) is 4.98 Å². The maximum Gasteiger partial charge on any atom is 0.221 e. The van der Waals surface area contributed by atoms with Gasteiger partial charge in [-0.3, -0.25) is 9.78 Å². The van der Waals surface area contributed by atoms with Crippen molar-refractivity contribution in [2.75, 3.05) is 5.32 Å². The first-order chi connectivity index (χ1) is 10.6. The first-order valence-corrected chi connectivity index (χ1v) is 7.49. The van der Waals surface area contributed by atoms with Gasteiger partial charge in [0.1, 0.15) is 10.8 Å². The maximum atomic E-state index is 11.2. The summed E-state index contributed by atoms with van der Waals surface area (Å²) in [7, 11) is 0. The van der Waals surface area contributed by atoms with Crippen LogP contribution in [0.5, 0.6) is 5.75 Å². The summed E-state index contributed by atoms with van der Waals surface area (Å²) in [5, 5.41) is 15.1. The quantitative estimate of drug-likeness (QED) is 0.726. The van der Waals surface area contributed by atoms with Crippen molar-refractivity contribution >= 4 is 22.9 Å². The number of pyridine rings is 1. The molecular formula is C16H13N3O2S. The van der Waals surface area contributed by atoms with E-state index >= 15 is 0 Å². The molecule has 0 saturated heterocycles. The minimum absolute atomic E-state index is 0.0270. The van der Waals surface area contributed by atoms with Crippen LogP contribution in [0.25, 0.3) is 22.0 Å². The van der Waals surface area contributed by atoms with Crippen LogP contribution in [-0.2, 0) is 4.79 Å². The van der Waals surface area contributed by atoms with Crippen LogP contribution < -0.4 is 5.32 Å². The van der Waals surface area contributed by atoms with Gasteiger partial charge in [-0.05, 0) is 30.3 Å². The van der Waals surface area contributed by atoms with Gasteiger partial charge in [0, 0.05) is 24.1 Å². The Hall–Kier alpha value is -2.73. The van der Waals surface area contributed by atoms with Gasteiger partial charge in [0.05, 0.1) is 17.1 Å². The minimum atomic E-state index is -0.236. The number of benzene rings is 1. The summed E-state index contributed by atoms with van der Waals surface area (Å²) < 4.78 is 0. The number of anilines is 1. The van der Waals surface area contributed by atoms with Gasteiger partial charge >= 0.3 is 0 Å². The van der Waals surface area contributed by atoms with Crippen LogP contribution in [0.1, 0.15) is 6.92 Å². The number of rotatable bonds is 3. The standard InChI is InChI=1S/C16H13N3O2S/c1-10(20)18-13-8-11(5-6-15(13)21)14-9-22-16(19-14)12-4-2-3-7-17-12/h2-9,21H,1H3,(H,18,20). The van der Waals surface area contributed by atoms with Gasteiger partial charge in [-0.15, -0.1) is 11.3 Å². The molecule has 2 aromatic heterocycles. The van der Waals surface area contributed by atoms with Gasteiger partial charge in [-0.2, -0.15) is 0 Å². The highest BCUT2D eigenvalue weighted by molar-refractivity contribution is 7.13. The summed E-state index contributed by atoms with van der Waals surface area (Å²) in [6.45, 7) is 1.40. The van der Waals surface area contributed by atoms with Gasteiger partial charge < -0.3 is 10.4 Å². The van der Waals surface area contributed by atoms with E-state index in [0.29, 0.717) is 5.69 Å². The second-order valence-electron chi connectivity index (χ2n) is 4.67. The Labute approximate surface area is 131 Å². The molecule has 6 heteroatoms. The Morgan fingerprint density at radius 2 is 2.09 bits per heavy atom. The third-order valence-electron chi connectivity index (χ3n) is 2.99. The molecule has 0 aliphatic carbocycles. The van der Waals surface area contributed by atoms with Crippen molar-refractivity contribution in [1.82, 2.24) is 9.97 Å². The van der Waals surface area contributed by atoms with Crippen molar-refractivity contribution in [3.63, 3.8) is 0 Å². The summed E-state index contributed by atoms with van der Waals surface area (Å²) in [6.07, 6.45) is 1.73. The third-order valence-corrected chi connectivity index (χ3v) is 3.86. The van der Waals surface area contributed by atoms with E-state index in [2.05, 4.69) is 15.3 Å². The smallest absolute Gasteiger partial charge is 0.221 e. The molecule has 2 heterocycles. The van der Waals surface area contributed by atoms with Crippen LogP contribution in [0.3, 0.4) is 0 Å². The Morgan fingerprint density at radius 3 is 2.82 bits per heavy atom. The first-order valence-electron chi connectivity index (χ1n) is 6.61. The van der Waals surface area contributed by atoms with E-state index in [0.717, 1.165) is 22.0 Å². The van der Waals surface area contributed by atoms with Crippen LogP contribution in [0.2, 0.25) is 0 Å². The van der Waals surface area contributed by atoms with E-state index in [4.69, 9.17) is 0 Å². The number of phenols is 1. The lowest BCUT2D eigenvalue weighted by Crippen LogP contribution is -2.05. The van der Waals surface area contributed by atoms with E-state index in [-0.39, 0.29) is 11.7 Å². The summed E-state index contributed by atoms with van der Waals surface area (Å²) in [6, 6.07) is 10.7. The molecule has 3 aromatic rings. The molecule has 0 bridgehead atoms. The molecule has 110 valence electrons. The molecule has 0 aliphatic rings. The molecule has 3 rings (SSSR count). The number of aromatic nitrogens is 2. The molecule has 1 aromatic carbocycles. The van der Waals surface area contributed by atoms with Gasteiger partial charge in [0.15, 0.2) is 0 Å². The summed E-state index contributed by atoms with van der Waals surface area (Å²) >= 11 is 1.50. The lowest BCUT2D eigenvalue weighted by molar-refractivity contribution is -0.114. The number of nitrogens with one attached hydrogen (secondary N) is 1. The highest BCUT2D eigenvalue weighted by atomic mass is 32.1. The second-order valence-corrected chi connectivity index (χ2v) is 5.52. The SMILES string of the molecule is CC(=O)Nc1cc(-c2csc(-c3ccccn3)n2)ccc1O. The predicted octanol–water partition coefficient (Wildman–Crippen LogP) is 3.54. The molecule has 0 spiro atoms. The molecule has 0 radical (unpaired) electrons. The monoisotopic (exact) mass is 311 g/mol. The van der Waals surface area contributed by atoms with Crippen molar-refractivity contribution in [1.29, 1.82) is 0 Å². The maximum absolute atomic E-state index is 11.2. The van der Waals surface area contributed by atoms with Crippen LogP contribution in [-0.4, -0.2) is 21.0 Å². The van der Waals surface area contributed by atoms with Crippen LogP contribution in [0.15, 0.2) is 48.0 Å². The largest absolute Gasteiger partial charge is 0.506 e. The Bertz CT molecular complexity index is 815. The Balaban J connectivity index is 1.95. The van der Waals surface area contributed by atoms with Crippen LogP contribution in [0, 0.1) is 0 Å². The fourth-order valence-electron chi connectivity index (χ4n) is 2.00. The third kappa shape index (κ3) is 2.96. The number of thiazole rings is 1. The van der Waals surface area contributed by atoms with Crippen LogP contribution >= 0.6 is 11.3 Å². The first kappa shape index (κ1) is 14.2. The number of hydrogen-bond acceptors (Lipinski definition) is 5. The molecule has 5 nitrogen and oxygen atoms in total. The number of nitrogens with zero attached hydrogens (tertiary/aromatic N) is 2. The number of aromatic hydroxyl groups is 1. The topological polar surface area (TPSA) is 75.1 Å². The Morgan fingerprint density at radius 1 is 1.23 bits per heavy atom. The van der Waals surface area contributed by atoms with E-state index in [1.54, 1.807) is 24.4 Å². The zero-order chi connectivity index (χ0) is 15.5. The Kier molecular flexibility index (Phi) is 3.84. The fraction of sp³-hybridized carbons (Fsp3) is 0.0625. The highest BCUT2D eigenvalue weighted by Gasteiger charge is 2.10. The molecule has 0 saturated carbocycles. The van der Waals surface area contributed by atoms with E-state index in [1.165, 1.54) is 18.3 Å². The van der Waals surface area contributed by atoms with Gasteiger partial charge in [-0.1, -0.05) is 6.07 Å². The van der Waals surface area contributed by atoms with Crippen molar-refractivity contribution < 1.29 is 9.90 Å². The summed E-state index contributed by atoms with van der Waals surface area (Å²) in [5.74, 6) is -0.209.